The summed E-state index contributed by atoms with van der Waals surface area (Å²) >= 11 is 0. The maximum absolute atomic E-state index is 10.9. The summed E-state index contributed by atoms with van der Waals surface area (Å²) in [6.45, 7) is 3.69. The highest BCUT2D eigenvalue weighted by atomic mass is 32.2. The van der Waals surface area contributed by atoms with Gasteiger partial charge < -0.3 is 4.74 Å². The molecule has 1 aliphatic rings. The number of methoxy groups -OCH3 is 1. The van der Waals surface area contributed by atoms with Crippen LogP contribution in [-0.4, -0.2) is 48.5 Å². The largest absolute Gasteiger partial charge is 0.496 e. The molecule has 1 aliphatic heterocycles. The number of likely N-dealkylation sites (tertiary alicyclic amines) is 1. The molecule has 3 aromatic rings. The lowest BCUT2D eigenvalue weighted by Crippen LogP contribution is -2.32. The number of benzene rings is 2. The summed E-state index contributed by atoms with van der Waals surface area (Å²) in [6.07, 6.45) is 4.06. The van der Waals surface area contributed by atoms with Crippen LogP contribution in [0.1, 0.15) is 41.1 Å². The number of piperidine rings is 1. The van der Waals surface area contributed by atoms with E-state index in [9.17, 15) is 8.42 Å². The Balaban J connectivity index is 1.34. The second-order valence-electron chi connectivity index (χ2n) is 8.08. The zero-order valence-corrected chi connectivity index (χ0v) is 19.1. The van der Waals surface area contributed by atoms with Crippen molar-refractivity contribution >= 4 is 10.9 Å². The molecule has 0 atom stereocenters. The third kappa shape index (κ3) is 5.73. The predicted molar refractivity (Wildman–Crippen MR) is 123 cm³/mol. The molecule has 0 bridgehead atoms. The second kappa shape index (κ2) is 10.7. The number of ether oxygens (including phenoxy) is 1. The Hall–Kier alpha value is -2.75. The van der Waals surface area contributed by atoms with Gasteiger partial charge in [0.15, 0.2) is 0 Å². The highest BCUT2D eigenvalue weighted by molar-refractivity contribution is 7.70. The maximum atomic E-state index is 10.9. The Bertz CT molecular complexity index is 1080. The van der Waals surface area contributed by atoms with Crippen molar-refractivity contribution in [3.05, 3.63) is 77.1 Å². The minimum absolute atomic E-state index is 0.243. The maximum Gasteiger partial charge on any atom is 0.201 e. The molecular formula is C23H29N5O3S. The summed E-state index contributed by atoms with van der Waals surface area (Å²) in [5.41, 5.74) is 4.21. The lowest BCUT2D eigenvalue weighted by molar-refractivity contribution is 0.201. The van der Waals surface area contributed by atoms with E-state index >= 15 is 0 Å². The molecule has 0 saturated carbocycles. The topological polar surface area (TPSA) is 89.4 Å². The van der Waals surface area contributed by atoms with E-state index in [-0.39, 0.29) is 6.54 Å². The van der Waals surface area contributed by atoms with E-state index in [0.717, 1.165) is 61.6 Å². The van der Waals surface area contributed by atoms with E-state index in [1.54, 1.807) is 7.11 Å². The van der Waals surface area contributed by atoms with Crippen LogP contribution in [0, 0.1) is 0 Å². The van der Waals surface area contributed by atoms with E-state index in [1.807, 2.05) is 41.2 Å². The van der Waals surface area contributed by atoms with Crippen LogP contribution in [0.15, 0.2) is 54.7 Å². The van der Waals surface area contributed by atoms with Crippen molar-refractivity contribution in [3.8, 4) is 5.75 Å². The van der Waals surface area contributed by atoms with E-state index < -0.39 is 10.9 Å². The van der Waals surface area contributed by atoms with Crippen LogP contribution in [0.2, 0.25) is 0 Å². The highest BCUT2D eigenvalue weighted by Gasteiger charge is 2.24. The first-order chi connectivity index (χ1) is 15.6. The van der Waals surface area contributed by atoms with E-state index in [4.69, 9.17) is 4.74 Å². The van der Waals surface area contributed by atoms with Gasteiger partial charge >= 0.3 is 0 Å². The number of para-hydroxylation sites is 1. The first-order valence-corrected chi connectivity index (χ1v) is 12.0. The molecule has 0 spiro atoms. The number of hydrogen-bond donors (Lipinski definition) is 2. The van der Waals surface area contributed by atoms with Gasteiger partial charge in [-0.25, -0.2) is 17.8 Å². The van der Waals surface area contributed by atoms with Crippen molar-refractivity contribution in [1.82, 2.24) is 24.6 Å². The van der Waals surface area contributed by atoms with Gasteiger partial charge in [-0.1, -0.05) is 53.7 Å². The van der Waals surface area contributed by atoms with Crippen LogP contribution in [0.5, 0.6) is 5.75 Å². The summed E-state index contributed by atoms with van der Waals surface area (Å²) in [4.78, 5) is 2.41. The fourth-order valence-electron chi connectivity index (χ4n) is 4.35. The van der Waals surface area contributed by atoms with Crippen molar-refractivity contribution in [2.75, 3.05) is 20.2 Å². The highest BCUT2D eigenvalue weighted by Crippen LogP contribution is 2.36. The Morgan fingerprint density at radius 2 is 1.84 bits per heavy atom. The fraction of sp³-hybridized carbons (Fsp3) is 0.391. The molecule has 4 rings (SSSR count). The Kier molecular flexibility index (Phi) is 7.51. The predicted octanol–water partition coefficient (Wildman–Crippen LogP) is 2.33. The summed E-state index contributed by atoms with van der Waals surface area (Å²) in [7, 11) is -0.988. The SMILES string of the molecule is COc1c(CN[SH](=O)=O)cccc1C1CCN(Cc2cn(Cc3ccccc3)nn2)CC1. The molecule has 9 heteroatoms. The summed E-state index contributed by atoms with van der Waals surface area (Å²) < 4.78 is 31.8. The molecule has 8 nitrogen and oxygen atoms in total. The van der Waals surface area contributed by atoms with Crippen LogP contribution < -0.4 is 9.46 Å². The van der Waals surface area contributed by atoms with Gasteiger partial charge in [-0.05, 0) is 43.0 Å². The van der Waals surface area contributed by atoms with Crippen molar-refractivity contribution in [3.63, 3.8) is 0 Å². The molecular weight excluding hydrogens is 426 g/mol. The van der Waals surface area contributed by atoms with Gasteiger partial charge in [-0.15, -0.1) is 5.10 Å². The van der Waals surface area contributed by atoms with Crippen LogP contribution in [0.3, 0.4) is 0 Å². The zero-order chi connectivity index (χ0) is 22.3. The third-order valence-corrected chi connectivity index (χ3v) is 6.33. The van der Waals surface area contributed by atoms with E-state index in [2.05, 4.69) is 38.1 Å². The molecule has 32 heavy (non-hydrogen) atoms. The Morgan fingerprint density at radius 3 is 2.56 bits per heavy atom. The smallest absolute Gasteiger partial charge is 0.201 e. The van der Waals surface area contributed by atoms with Crippen LogP contribution >= 0.6 is 0 Å². The molecule has 1 aromatic heterocycles. The molecule has 2 aromatic carbocycles. The summed E-state index contributed by atoms with van der Waals surface area (Å²) in [5.74, 6) is 1.18. The van der Waals surface area contributed by atoms with Gasteiger partial charge in [0.05, 0.1) is 25.5 Å². The Labute approximate surface area is 190 Å². The van der Waals surface area contributed by atoms with Gasteiger partial charge in [-0.2, -0.15) is 0 Å². The fourth-order valence-corrected chi connectivity index (χ4v) is 4.65. The summed E-state index contributed by atoms with van der Waals surface area (Å²) in [6, 6.07) is 16.2. The molecule has 1 N–H and O–H groups in total. The van der Waals surface area contributed by atoms with Gasteiger partial charge in [0, 0.05) is 18.7 Å². The van der Waals surface area contributed by atoms with Crippen molar-refractivity contribution in [1.29, 1.82) is 0 Å². The summed E-state index contributed by atoms with van der Waals surface area (Å²) in [5, 5.41) is 8.63. The number of aromatic nitrogens is 3. The van der Waals surface area contributed by atoms with E-state index in [0.29, 0.717) is 5.92 Å². The average molecular weight is 456 g/mol. The molecule has 1 fully saturated rings. The van der Waals surface area contributed by atoms with Crippen molar-refractivity contribution in [2.24, 2.45) is 0 Å². The first kappa shape index (κ1) is 22.4. The number of hydrogen-bond acceptors (Lipinski definition) is 6. The number of nitrogens with one attached hydrogen (secondary N) is 1. The molecule has 0 amide bonds. The van der Waals surface area contributed by atoms with Gasteiger partial charge in [0.2, 0.25) is 10.9 Å². The minimum Gasteiger partial charge on any atom is -0.496 e. The van der Waals surface area contributed by atoms with Crippen LogP contribution in [0.4, 0.5) is 0 Å². The standard InChI is InChI=1S/C23H29N5O3S/c1-31-23-20(14-24-32(29)30)8-5-9-22(23)19-10-12-27(13-11-19)16-21-17-28(26-25-21)15-18-6-3-2-4-7-18/h2-9,17,19,32H,10-16H2,1H3,(H,24,29,30). The molecule has 0 aliphatic carbocycles. The van der Waals surface area contributed by atoms with Gasteiger partial charge in [0.25, 0.3) is 0 Å². The zero-order valence-electron chi connectivity index (χ0n) is 18.2. The first-order valence-electron chi connectivity index (χ1n) is 10.8. The van der Waals surface area contributed by atoms with Crippen molar-refractivity contribution < 1.29 is 13.2 Å². The minimum atomic E-state index is -2.63. The monoisotopic (exact) mass is 455 g/mol. The number of rotatable bonds is 9. The number of nitrogens with zero attached hydrogens (tertiary/aromatic N) is 4. The van der Waals surface area contributed by atoms with Gasteiger partial charge in [-0.3, -0.25) is 4.90 Å². The molecule has 1 saturated heterocycles. The van der Waals surface area contributed by atoms with Crippen molar-refractivity contribution in [2.45, 2.75) is 38.4 Å². The molecule has 0 radical (unpaired) electrons. The third-order valence-electron chi connectivity index (χ3n) is 5.92. The number of thiol groups is 1. The lowest BCUT2D eigenvalue weighted by atomic mass is 9.87. The van der Waals surface area contributed by atoms with E-state index in [1.165, 1.54) is 5.56 Å². The van der Waals surface area contributed by atoms with Crippen LogP contribution in [0.25, 0.3) is 0 Å². The average Bonchev–Trinajstić information content (AvgIpc) is 3.25. The normalized spacial score (nSPS) is 15.3. The van der Waals surface area contributed by atoms with Crippen LogP contribution in [-0.2, 0) is 30.5 Å². The second-order valence-corrected chi connectivity index (χ2v) is 8.91. The molecule has 2 heterocycles. The lowest BCUT2D eigenvalue weighted by Gasteiger charge is -2.32. The quantitative estimate of drug-likeness (QED) is 0.482. The molecule has 0 unspecified atom stereocenters. The Morgan fingerprint density at radius 1 is 1.06 bits per heavy atom. The molecule has 170 valence electrons. The van der Waals surface area contributed by atoms with Gasteiger partial charge in [0.1, 0.15) is 5.75 Å².